The van der Waals surface area contributed by atoms with Crippen molar-refractivity contribution in [3.63, 3.8) is 0 Å². The van der Waals surface area contributed by atoms with Crippen LogP contribution in [0.3, 0.4) is 0 Å². The number of hydrogen-bond acceptors (Lipinski definition) is 3. The molecule has 4 nitrogen and oxygen atoms in total. The van der Waals surface area contributed by atoms with Gasteiger partial charge in [-0.3, -0.25) is 0 Å². The number of fused-ring (bicyclic) bond motifs is 1. The molecule has 0 aliphatic rings. The standard InChI is InChI=1S/C18H21N3O/c1-3-10-22-16-7-4-14(5-8-16)12-21(2)15-6-9-17-18(11-15)20-13-19-17/h4-9,11,13H,3,10,12H2,1-2H3,(H,19,20). The monoisotopic (exact) mass is 295 g/mol. The molecule has 22 heavy (non-hydrogen) atoms. The summed E-state index contributed by atoms with van der Waals surface area (Å²) in [4.78, 5) is 9.63. The molecule has 4 heteroatoms. The summed E-state index contributed by atoms with van der Waals surface area (Å²) in [7, 11) is 2.10. The number of anilines is 1. The zero-order valence-electron chi connectivity index (χ0n) is 13.0. The van der Waals surface area contributed by atoms with E-state index in [9.17, 15) is 0 Å². The van der Waals surface area contributed by atoms with E-state index in [4.69, 9.17) is 4.74 Å². The Morgan fingerprint density at radius 2 is 1.95 bits per heavy atom. The van der Waals surface area contributed by atoms with E-state index in [1.165, 1.54) is 11.3 Å². The van der Waals surface area contributed by atoms with Crippen molar-refractivity contribution in [3.8, 4) is 5.75 Å². The van der Waals surface area contributed by atoms with Gasteiger partial charge < -0.3 is 14.6 Å². The molecule has 0 atom stereocenters. The lowest BCUT2D eigenvalue weighted by Gasteiger charge is -2.19. The number of benzene rings is 2. The van der Waals surface area contributed by atoms with Crippen LogP contribution in [0.15, 0.2) is 48.8 Å². The first-order chi connectivity index (χ1) is 10.8. The molecule has 0 bridgehead atoms. The van der Waals surface area contributed by atoms with Crippen LogP contribution in [-0.4, -0.2) is 23.6 Å². The number of aromatic nitrogens is 2. The molecule has 0 radical (unpaired) electrons. The molecule has 0 spiro atoms. The fraction of sp³-hybridized carbons (Fsp3) is 0.278. The molecule has 3 aromatic rings. The smallest absolute Gasteiger partial charge is 0.119 e. The Bertz CT molecular complexity index is 733. The quantitative estimate of drug-likeness (QED) is 0.747. The molecule has 0 aliphatic heterocycles. The lowest BCUT2D eigenvalue weighted by atomic mass is 10.2. The number of nitrogens with zero attached hydrogens (tertiary/aromatic N) is 2. The van der Waals surface area contributed by atoms with Gasteiger partial charge in [0.2, 0.25) is 0 Å². The van der Waals surface area contributed by atoms with Crippen LogP contribution in [0.2, 0.25) is 0 Å². The molecule has 0 unspecified atom stereocenters. The minimum absolute atomic E-state index is 0.767. The van der Waals surface area contributed by atoms with Crippen molar-refractivity contribution < 1.29 is 4.74 Å². The van der Waals surface area contributed by atoms with Crippen molar-refractivity contribution in [2.24, 2.45) is 0 Å². The highest BCUT2D eigenvalue weighted by molar-refractivity contribution is 5.78. The largest absolute Gasteiger partial charge is 0.494 e. The Hall–Kier alpha value is -2.49. The highest BCUT2D eigenvalue weighted by Gasteiger charge is 2.05. The van der Waals surface area contributed by atoms with E-state index >= 15 is 0 Å². The summed E-state index contributed by atoms with van der Waals surface area (Å²) in [5.41, 5.74) is 4.49. The molecule has 0 saturated heterocycles. The SMILES string of the molecule is CCCOc1ccc(CN(C)c2ccc3nc[nH]c3c2)cc1. The number of rotatable bonds is 6. The Balaban J connectivity index is 1.68. The van der Waals surface area contributed by atoms with Crippen LogP contribution in [0.25, 0.3) is 11.0 Å². The number of ether oxygens (including phenoxy) is 1. The van der Waals surface area contributed by atoms with E-state index in [1.54, 1.807) is 6.33 Å². The highest BCUT2D eigenvalue weighted by Crippen LogP contribution is 2.21. The van der Waals surface area contributed by atoms with Crippen molar-refractivity contribution >= 4 is 16.7 Å². The molecule has 1 aromatic heterocycles. The Labute approximate surface area is 130 Å². The van der Waals surface area contributed by atoms with Gasteiger partial charge in [-0.1, -0.05) is 19.1 Å². The zero-order valence-corrected chi connectivity index (χ0v) is 13.0. The molecule has 2 aromatic carbocycles. The average molecular weight is 295 g/mol. The molecule has 0 fully saturated rings. The van der Waals surface area contributed by atoms with Crippen LogP contribution in [0.5, 0.6) is 5.75 Å². The van der Waals surface area contributed by atoms with Gasteiger partial charge in [-0.25, -0.2) is 4.98 Å². The summed E-state index contributed by atoms with van der Waals surface area (Å²) in [6, 6.07) is 14.6. The van der Waals surface area contributed by atoms with Gasteiger partial charge in [0, 0.05) is 19.3 Å². The van der Waals surface area contributed by atoms with Gasteiger partial charge in [0.05, 0.1) is 24.0 Å². The predicted molar refractivity (Wildman–Crippen MR) is 90.4 cm³/mol. The van der Waals surface area contributed by atoms with Crippen LogP contribution >= 0.6 is 0 Å². The molecule has 3 rings (SSSR count). The summed E-state index contributed by atoms with van der Waals surface area (Å²) < 4.78 is 5.61. The van der Waals surface area contributed by atoms with Gasteiger partial charge in [-0.15, -0.1) is 0 Å². The van der Waals surface area contributed by atoms with Gasteiger partial charge in [-0.05, 0) is 42.3 Å². The van der Waals surface area contributed by atoms with E-state index in [-0.39, 0.29) is 0 Å². The first-order valence-electron chi connectivity index (χ1n) is 7.62. The highest BCUT2D eigenvalue weighted by atomic mass is 16.5. The Morgan fingerprint density at radius 3 is 2.73 bits per heavy atom. The normalized spacial score (nSPS) is 10.8. The third-order valence-corrected chi connectivity index (χ3v) is 3.66. The molecule has 0 aliphatic carbocycles. The lowest BCUT2D eigenvalue weighted by Crippen LogP contribution is -2.16. The van der Waals surface area contributed by atoms with Crippen LogP contribution in [0, 0.1) is 0 Å². The fourth-order valence-corrected chi connectivity index (χ4v) is 2.44. The Morgan fingerprint density at radius 1 is 1.14 bits per heavy atom. The third-order valence-electron chi connectivity index (χ3n) is 3.66. The number of nitrogens with one attached hydrogen (secondary N) is 1. The second kappa shape index (κ2) is 6.52. The number of aromatic amines is 1. The summed E-state index contributed by atoms with van der Waals surface area (Å²) in [6.07, 6.45) is 2.75. The maximum atomic E-state index is 5.61. The maximum absolute atomic E-state index is 5.61. The zero-order chi connectivity index (χ0) is 15.4. The minimum Gasteiger partial charge on any atom is -0.494 e. The summed E-state index contributed by atoms with van der Waals surface area (Å²) in [5, 5.41) is 0. The molecular weight excluding hydrogens is 274 g/mol. The first kappa shape index (κ1) is 14.4. The van der Waals surface area contributed by atoms with Crippen molar-refractivity contribution in [2.75, 3.05) is 18.6 Å². The number of imidazole rings is 1. The number of hydrogen-bond donors (Lipinski definition) is 1. The first-order valence-corrected chi connectivity index (χ1v) is 7.62. The van der Waals surface area contributed by atoms with Crippen molar-refractivity contribution in [1.82, 2.24) is 9.97 Å². The molecule has 1 N–H and O–H groups in total. The topological polar surface area (TPSA) is 41.1 Å². The van der Waals surface area contributed by atoms with Gasteiger partial charge in [0.1, 0.15) is 5.75 Å². The molecule has 114 valence electrons. The third kappa shape index (κ3) is 3.22. The van der Waals surface area contributed by atoms with Crippen molar-refractivity contribution in [2.45, 2.75) is 19.9 Å². The van der Waals surface area contributed by atoms with E-state index in [0.717, 1.165) is 36.4 Å². The van der Waals surface area contributed by atoms with E-state index in [0.29, 0.717) is 0 Å². The minimum atomic E-state index is 0.767. The van der Waals surface area contributed by atoms with Gasteiger partial charge in [0.25, 0.3) is 0 Å². The summed E-state index contributed by atoms with van der Waals surface area (Å²) in [5.74, 6) is 0.937. The summed E-state index contributed by atoms with van der Waals surface area (Å²) in [6.45, 7) is 3.73. The fourth-order valence-electron chi connectivity index (χ4n) is 2.44. The van der Waals surface area contributed by atoms with Gasteiger partial charge >= 0.3 is 0 Å². The number of H-pyrrole nitrogens is 1. The van der Waals surface area contributed by atoms with Gasteiger partial charge in [-0.2, -0.15) is 0 Å². The molecule has 1 heterocycles. The van der Waals surface area contributed by atoms with Crippen LogP contribution in [-0.2, 0) is 6.54 Å². The van der Waals surface area contributed by atoms with Crippen molar-refractivity contribution in [1.29, 1.82) is 0 Å². The predicted octanol–water partition coefficient (Wildman–Crippen LogP) is 3.99. The summed E-state index contributed by atoms with van der Waals surface area (Å²) >= 11 is 0. The Kier molecular flexibility index (Phi) is 4.28. The maximum Gasteiger partial charge on any atom is 0.119 e. The van der Waals surface area contributed by atoms with E-state index < -0.39 is 0 Å². The van der Waals surface area contributed by atoms with E-state index in [1.807, 2.05) is 18.2 Å². The van der Waals surface area contributed by atoms with Crippen LogP contribution in [0.1, 0.15) is 18.9 Å². The van der Waals surface area contributed by atoms with E-state index in [2.05, 4.69) is 53.1 Å². The van der Waals surface area contributed by atoms with Crippen LogP contribution < -0.4 is 9.64 Å². The molecule has 0 amide bonds. The molecular formula is C18H21N3O. The second-order valence-electron chi connectivity index (χ2n) is 5.45. The van der Waals surface area contributed by atoms with Crippen molar-refractivity contribution in [3.05, 3.63) is 54.4 Å². The van der Waals surface area contributed by atoms with Crippen LogP contribution in [0.4, 0.5) is 5.69 Å². The second-order valence-corrected chi connectivity index (χ2v) is 5.45. The molecule has 0 saturated carbocycles. The average Bonchev–Trinajstić information content (AvgIpc) is 3.01. The lowest BCUT2D eigenvalue weighted by molar-refractivity contribution is 0.317. The van der Waals surface area contributed by atoms with Gasteiger partial charge in [0.15, 0.2) is 0 Å².